The van der Waals surface area contributed by atoms with Gasteiger partial charge in [0.1, 0.15) is 0 Å². The zero-order valence-electron chi connectivity index (χ0n) is 11.8. The minimum absolute atomic E-state index is 0.0198. The molecular formula is C14H22F3N3. The highest BCUT2D eigenvalue weighted by Gasteiger charge is 2.35. The molecule has 0 aliphatic heterocycles. The Balaban J connectivity index is 2.18. The van der Waals surface area contributed by atoms with Crippen molar-refractivity contribution in [3.63, 3.8) is 0 Å². The van der Waals surface area contributed by atoms with Gasteiger partial charge in [-0.3, -0.25) is 4.68 Å². The van der Waals surface area contributed by atoms with Gasteiger partial charge in [0.2, 0.25) is 0 Å². The first-order valence-corrected chi connectivity index (χ1v) is 7.38. The second-order valence-corrected chi connectivity index (χ2v) is 5.40. The number of aromatic nitrogens is 2. The summed E-state index contributed by atoms with van der Waals surface area (Å²) in [6.07, 6.45) is 3.54. The molecule has 6 heteroatoms. The Hall–Kier alpha value is -1.04. The van der Waals surface area contributed by atoms with Crippen molar-refractivity contribution in [3.8, 4) is 0 Å². The van der Waals surface area contributed by atoms with Crippen molar-refractivity contribution < 1.29 is 13.2 Å². The molecular weight excluding hydrogens is 267 g/mol. The molecule has 0 bridgehead atoms. The number of nitrogens with one attached hydrogen (secondary N) is 1. The van der Waals surface area contributed by atoms with E-state index in [0.29, 0.717) is 0 Å². The molecule has 3 nitrogen and oxygen atoms in total. The fraction of sp³-hybridized carbons (Fsp3) is 0.786. The van der Waals surface area contributed by atoms with Crippen LogP contribution in [0.1, 0.15) is 57.2 Å². The largest absolute Gasteiger partial charge is 0.435 e. The van der Waals surface area contributed by atoms with Crippen LogP contribution in [0.3, 0.4) is 0 Å². The topological polar surface area (TPSA) is 29.9 Å². The molecule has 2 rings (SSSR count). The second kappa shape index (κ2) is 6.61. The van der Waals surface area contributed by atoms with Gasteiger partial charge < -0.3 is 5.32 Å². The summed E-state index contributed by atoms with van der Waals surface area (Å²) in [4.78, 5) is 0. The number of halogens is 3. The number of rotatable bonds is 3. The van der Waals surface area contributed by atoms with Crippen LogP contribution in [0, 0.1) is 0 Å². The Morgan fingerprint density at radius 3 is 2.55 bits per heavy atom. The van der Waals surface area contributed by atoms with Gasteiger partial charge in [-0.1, -0.05) is 32.6 Å². The highest BCUT2D eigenvalue weighted by Crippen LogP contribution is 2.31. The molecule has 1 aliphatic carbocycles. The summed E-state index contributed by atoms with van der Waals surface area (Å²) in [7, 11) is 0. The van der Waals surface area contributed by atoms with Gasteiger partial charge in [0.25, 0.3) is 0 Å². The number of nitrogens with zero attached hydrogens (tertiary/aromatic N) is 2. The Morgan fingerprint density at radius 1 is 1.25 bits per heavy atom. The Labute approximate surface area is 117 Å². The lowest BCUT2D eigenvalue weighted by atomic mass is 9.92. The normalized spacial score (nSPS) is 25.2. The van der Waals surface area contributed by atoms with Gasteiger partial charge in [-0.2, -0.15) is 18.3 Å². The van der Waals surface area contributed by atoms with Crippen LogP contribution in [0.15, 0.2) is 12.3 Å². The molecule has 0 radical (unpaired) electrons. The first-order chi connectivity index (χ1) is 9.52. The van der Waals surface area contributed by atoms with E-state index in [9.17, 15) is 13.2 Å². The van der Waals surface area contributed by atoms with Crippen LogP contribution in [0.2, 0.25) is 0 Å². The lowest BCUT2D eigenvalue weighted by Gasteiger charge is -2.30. The van der Waals surface area contributed by atoms with E-state index in [-0.39, 0.29) is 12.1 Å². The van der Waals surface area contributed by atoms with Gasteiger partial charge in [0.05, 0.1) is 6.04 Å². The molecule has 0 spiro atoms. The van der Waals surface area contributed by atoms with Crippen LogP contribution >= 0.6 is 0 Å². The van der Waals surface area contributed by atoms with Crippen molar-refractivity contribution in [2.24, 2.45) is 0 Å². The predicted octanol–water partition coefficient (Wildman–Crippen LogP) is 3.78. The molecule has 1 aromatic heterocycles. The molecule has 1 aliphatic rings. The summed E-state index contributed by atoms with van der Waals surface area (Å²) in [5.74, 6) is 0. The van der Waals surface area contributed by atoms with Crippen molar-refractivity contribution >= 4 is 0 Å². The van der Waals surface area contributed by atoms with E-state index in [1.807, 2.05) is 6.92 Å². The molecule has 2 unspecified atom stereocenters. The Kier molecular flexibility index (Phi) is 5.07. The smallest absolute Gasteiger partial charge is 0.312 e. The zero-order chi connectivity index (χ0) is 14.6. The predicted molar refractivity (Wildman–Crippen MR) is 71.4 cm³/mol. The molecule has 20 heavy (non-hydrogen) atoms. The second-order valence-electron chi connectivity index (χ2n) is 5.40. The van der Waals surface area contributed by atoms with Crippen LogP contribution < -0.4 is 5.32 Å². The van der Waals surface area contributed by atoms with Crippen LogP contribution in [0.25, 0.3) is 0 Å². The average Bonchev–Trinajstić information content (AvgIpc) is 2.82. The maximum atomic E-state index is 12.7. The number of hydrogen-bond donors (Lipinski definition) is 1. The summed E-state index contributed by atoms with van der Waals surface area (Å²) >= 11 is 0. The molecule has 0 aromatic carbocycles. The number of likely N-dealkylation sites (N-methyl/N-ethyl adjacent to an activating group) is 1. The lowest BCUT2D eigenvalue weighted by molar-refractivity contribution is -0.141. The van der Waals surface area contributed by atoms with E-state index >= 15 is 0 Å². The van der Waals surface area contributed by atoms with Crippen molar-refractivity contribution in [1.82, 2.24) is 15.1 Å². The first-order valence-electron chi connectivity index (χ1n) is 7.38. The summed E-state index contributed by atoms with van der Waals surface area (Å²) in [6.45, 7) is 2.86. The molecule has 114 valence electrons. The molecule has 1 heterocycles. The molecule has 1 fully saturated rings. The first kappa shape index (κ1) is 15.4. The number of alkyl halides is 3. The van der Waals surface area contributed by atoms with Crippen LogP contribution in [-0.2, 0) is 6.18 Å². The molecule has 1 saturated carbocycles. The summed E-state index contributed by atoms with van der Waals surface area (Å²) in [5, 5.41) is 7.17. The maximum absolute atomic E-state index is 12.7. The lowest BCUT2D eigenvalue weighted by Crippen LogP contribution is -2.38. The third-order valence-corrected chi connectivity index (χ3v) is 3.93. The van der Waals surface area contributed by atoms with Crippen LogP contribution in [0.5, 0.6) is 0 Å². The zero-order valence-corrected chi connectivity index (χ0v) is 11.8. The molecule has 0 amide bonds. The standard InChI is InChI=1S/C14H22F3N3/c1-2-18-11-7-5-3-4-6-8-12(11)20-10-9-13(19-20)14(15,16)17/h9-12,18H,2-8H2,1H3. The Morgan fingerprint density at radius 2 is 1.95 bits per heavy atom. The van der Waals surface area contributed by atoms with Crippen molar-refractivity contribution in [3.05, 3.63) is 18.0 Å². The third-order valence-electron chi connectivity index (χ3n) is 3.93. The number of hydrogen-bond acceptors (Lipinski definition) is 2. The van der Waals surface area contributed by atoms with E-state index in [1.165, 1.54) is 17.3 Å². The summed E-state index contributed by atoms with van der Waals surface area (Å²) in [6, 6.07) is 1.30. The monoisotopic (exact) mass is 289 g/mol. The molecule has 2 atom stereocenters. The molecule has 1 N–H and O–H groups in total. The van der Waals surface area contributed by atoms with E-state index in [1.54, 1.807) is 0 Å². The van der Waals surface area contributed by atoms with Gasteiger partial charge in [0.15, 0.2) is 5.69 Å². The third kappa shape index (κ3) is 3.75. The molecule has 1 aromatic rings. The Bertz CT molecular complexity index is 414. The van der Waals surface area contributed by atoms with E-state index in [0.717, 1.165) is 44.7 Å². The van der Waals surface area contributed by atoms with Crippen molar-refractivity contribution in [2.75, 3.05) is 6.54 Å². The van der Waals surface area contributed by atoms with E-state index < -0.39 is 11.9 Å². The minimum Gasteiger partial charge on any atom is -0.312 e. The summed E-state index contributed by atoms with van der Waals surface area (Å²) in [5.41, 5.74) is -0.796. The fourth-order valence-electron chi connectivity index (χ4n) is 2.96. The van der Waals surface area contributed by atoms with Crippen molar-refractivity contribution in [2.45, 2.75) is 63.7 Å². The SMILES string of the molecule is CCNC1CCCCCCC1n1ccc(C(F)(F)F)n1. The van der Waals surface area contributed by atoms with Gasteiger partial charge in [-0.25, -0.2) is 0 Å². The van der Waals surface area contributed by atoms with Crippen molar-refractivity contribution in [1.29, 1.82) is 0 Å². The average molecular weight is 289 g/mol. The van der Waals surface area contributed by atoms with Crippen LogP contribution in [-0.4, -0.2) is 22.4 Å². The van der Waals surface area contributed by atoms with Gasteiger partial charge >= 0.3 is 6.18 Å². The van der Waals surface area contributed by atoms with Gasteiger partial charge in [-0.05, 0) is 25.5 Å². The quantitative estimate of drug-likeness (QED) is 0.918. The highest BCUT2D eigenvalue weighted by molar-refractivity contribution is 5.04. The fourth-order valence-corrected chi connectivity index (χ4v) is 2.96. The van der Waals surface area contributed by atoms with E-state index in [4.69, 9.17) is 0 Å². The summed E-state index contributed by atoms with van der Waals surface area (Å²) < 4.78 is 39.5. The van der Waals surface area contributed by atoms with E-state index in [2.05, 4.69) is 10.4 Å². The molecule has 0 saturated heterocycles. The van der Waals surface area contributed by atoms with Gasteiger partial charge in [0, 0.05) is 12.2 Å². The van der Waals surface area contributed by atoms with Crippen LogP contribution in [0.4, 0.5) is 13.2 Å². The highest BCUT2D eigenvalue weighted by atomic mass is 19.4. The maximum Gasteiger partial charge on any atom is 0.435 e. The van der Waals surface area contributed by atoms with Gasteiger partial charge in [-0.15, -0.1) is 0 Å². The minimum atomic E-state index is -4.36.